The van der Waals surface area contributed by atoms with E-state index in [-0.39, 0.29) is 11.8 Å². The van der Waals surface area contributed by atoms with Crippen LogP contribution in [0.1, 0.15) is 38.5 Å². The van der Waals surface area contributed by atoms with Gasteiger partial charge in [0, 0.05) is 55.9 Å². The van der Waals surface area contributed by atoms with Crippen LogP contribution in [0.15, 0.2) is 11.6 Å². The number of rotatable bonds is 0. The summed E-state index contributed by atoms with van der Waals surface area (Å²) in [5, 5.41) is 0. The number of piperazine rings is 1. The Morgan fingerprint density at radius 3 is 2.78 bits per heavy atom. The minimum Gasteiger partial charge on any atom is -0.300 e. The van der Waals surface area contributed by atoms with E-state index < -0.39 is 0 Å². The molecule has 23 heavy (non-hydrogen) atoms. The molecule has 0 aromatic heterocycles. The monoisotopic (exact) mass is 314 g/mol. The number of nitrogens with zero attached hydrogens (tertiary/aromatic N) is 2. The fourth-order valence-corrected chi connectivity index (χ4v) is 6.22. The van der Waals surface area contributed by atoms with Gasteiger partial charge in [-0.3, -0.25) is 14.5 Å². The Morgan fingerprint density at radius 1 is 1.04 bits per heavy atom. The molecular formula is C19H26N2O2. The minimum atomic E-state index is -0.123. The molecule has 0 N–H and O–H groups in total. The number of likely N-dealkylation sites (N-methyl/N-ethyl adjacent to an activating group) is 1. The lowest BCUT2D eigenvalue weighted by Gasteiger charge is -2.46. The normalized spacial score (nSPS) is 46.9. The van der Waals surface area contributed by atoms with E-state index in [0.29, 0.717) is 48.5 Å². The van der Waals surface area contributed by atoms with E-state index in [9.17, 15) is 9.59 Å². The number of Topliss-reactive ketones (excluding diaryl/α,β-unsaturated/α-hetero) is 2. The summed E-state index contributed by atoms with van der Waals surface area (Å²) in [7, 11) is 2.26. The van der Waals surface area contributed by atoms with Gasteiger partial charge in [-0.15, -0.1) is 0 Å². The number of ketones is 2. The van der Waals surface area contributed by atoms with Gasteiger partial charge in [-0.25, -0.2) is 0 Å². The van der Waals surface area contributed by atoms with Gasteiger partial charge < -0.3 is 4.90 Å². The molecule has 1 saturated carbocycles. The molecule has 3 aliphatic heterocycles. The zero-order valence-corrected chi connectivity index (χ0v) is 13.9. The first-order valence-electron chi connectivity index (χ1n) is 9.33. The topological polar surface area (TPSA) is 40.6 Å². The second-order valence-corrected chi connectivity index (χ2v) is 8.48. The lowest BCUT2D eigenvalue weighted by Crippen LogP contribution is -2.59. The molecule has 4 heteroatoms. The van der Waals surface area contributed by atoms with Crippen LogP contribution in [0.3, 0.4) is 0 Å². The van der Waals surface area contributed by atoms with Crippen molar-refractivity contribution < 1.29 is 9.59 Å². The van der Waals surface area contributed by atoms with Crippen molar-refractivity contribution in [3.8, 4) is 0 Å². The maximum atomic E-state index is 12.8. The van der Waals surface area contributed by atoms with Crippen molar-refractivity contribution in [2.75, 3.05) is 20.1 Å². The Morgan fingerprint density at radius 2 is 1.91 bits per heavy atom. The second kappa shape index (κ2) is 5.00. The van der Waals surface area contributed by atoms with Crippen LogP contribution in [0.2, 0.25) is 0 Å². The summed E-state index contributed by atoms with van der Waals surface area (Å²) in [5.41, 5.74) is 1.43. The van der Waals surface area contributed by atoms with Gasteiger partial charge in [0.15, 0.2) is 0 Å². The van der Waals surface area contributed by atoms with Crippen molar-refractivity contribution >= 4 is 11.6 Å². The number of allylic oxidation sites excluding steroid dienone is 1. The molecule has 4 nitrogen and oxygen atoms in total. The van der Waals surface area contributed by atoms with Crippen molar-refractivity contribution in [1.82, 2.24) is 9.80 Å². The molecule has 0 spiro atoms. The first-order chi connectivity index (χ1) is 11.1. The second-order valence-electron chi connectivity index (χ2n) is 8.48. The highest BCUT2D eigenvalue weighted by atomic mass is 16.1. The lowest BCUT2D eigenvalue weighted by molar-refractivity contribution is -0.136. The van der Waals surface area contributed by atoms with Crippen molar-refractivity contribution in [2.45, 2.75) is 56.7 Å². The van der Waals surface area contributed by atoms with E-state index in [1.54, 1.807) is 0 Å². The molecule has 4 bridgehead atoms. The van der Waals surface area contributed by atoms with Crippen LogP contribution in [0, 0.1) is 17.8 Å². The zero-order chi connectivity index (χ0) is 15.7. The first kappa shape index (κ1) is 14.4. The minimum absolute atomic E-state index is 0.0521. The summed E-state index contributed by atoms with van der Waals surface area (Å²) in [6.45, 7) is 2.22. The summed E-state index contributed by atoms with van der Waals surface area (Å²) in [5.74, 6) is 1.13. The maximum absolute atomic E-state index is 12.8. The number of hydrogen-bond donors (Lipinski definition) is 0. The van der Waals surface area contributed by atoms with Gasteiger partial charge in [-0.1, -0.05) is 11.6 Å². The predicted molar refractivity (Wildman–Crippen MR) is 87.0 cm³/mol. The van der Waals surface area contributed by atoms with E-state index in [1.165, 1.54) is 12.0 Å². The Labute approximate surface area is 137 Å². The summed E-state index contributed by atoms with van der Waals surface area (Å²) >= 11 is 0. The van der Waals surface area contributed by atoms with Crippen LogP contribution < -0.4 is 0 Å². The smallest absolute Gasteiger partial charge is 0.140 e. The molecule has 0 amide bonds. The molecule has 1 unspecified atom stereocenters. The fourth-order valence-electron chi connectivity index (χ4n) is 6.22. The molecule has 0 aromatic rings. The SMILES string of the molecule is CN1C[C@@H]2C[C@H]3CCC(=O)[C@H]4[C@H]3N2CC1CC1=C[C@H]4C(=O)CC1. The van der Waals surface area contributed by atoms with Gasteiger partial charge in [0.05, 0.1) is 0 Å². The average Bonchev–Trinajstić information content (AvgIpc) is 2.88. The van der Waals surface area contributed by atoms with Crippen LogP contribution in [-0.2, 0) is 9.59 Å². The Bertz CT molecular complexity index is 598. The average molecular weight is 314 g/mol. The van der Waals surface area contributed by atoms with Crippen LogP contribution in [0.4, 0.5) is 0 Å². The largest absolute Gasteiger partial charge is 0.300 e. The maximum Gasteiger partial charge on any atom is 0.140 e. The Balaban J connectivity index is 1.64. The number of carbonyl (C=O) groups excluding carboxylic acids is 2. The highest BCUT2D eigenvalue weighted by molar-refractivity contribution is 5.93. The van der Waals surface area contributed by atoms with Gasteiger partial charge in [0.25, 0.3) is 0 Å². The zero-order valence-electron chi connectivity index (χ0n) is 13.9. The third kappa shape index (κ3) is 2.04. The fraction of sp³-hybridized carbons (Fsp3) is 0.789. The molecule has 3 fully saturated rings. The van der Waals surface area contributed by atoms with E-state index in [4.69, 9.17) is 0 Å². The van der Waals surface area contributed by atoms with Crippen molar-refractivity contribution in [3.05, 3.63) is 11.6 Å². The Hall–Kier alpha value is -1.00. The molecule has 2 saturated heterocycles. The first-order valence-corrected chi connectivity index (χ1v) is 9.33. The number of fused-ring (bicyclic) bond motifs is 3. The molecule has 2 aliphatic carbocycles. The molecule has 0 aromatic carbocycles. The standard InChI is InChI=1S/C19H26N2O2/c1-20-9-14-8-12-3-5-17(23)18-15-7-11(2-4-16(15)22)6-13(20)10-21(14)19(12)18/h7,12-15,18-19H,2-6,8-10H2,1H3/t12-,13?,14+,15+,18+,19+/m1/s1. The quantitative estimate of drug-likeness (QED) is 0.638. The van der Waals surface area contributed by atoms with Crippen LogP contribution in [-0.4, -0.2) is 59.6 Å². The van der Waals surface area contributed by atoms with Gasteiger partial charge >= 0.3 is 0 Å². The molecule has 5 aliphatic rings. The highest BCUT2D eigenvalue weighted by Crippen LogP contribution is 2.48. The molecule has 5 rings (SSSR count). The third-order valence-corrected chi connectivity index (χ3v) is 7.32. The van der Waals surface area contributed by atoms with E-state index >= 15 is 0 Å². The summed E-state index contributed by atoms with van der Waals surface area (Å²) in [6.07, 6.45) is 7.83. The van der Waals surface area contributed by atoms with Gasteiger partial charge in [0.1, 0.15) is 11.6 Å². The summed E-state index contributed by atoms with van der Waals surface area (Å²) in [6, 6.07) is 1.48. The molecule has 3 heterocycles. The molecule has 124 valence electrons. The van der Waals surface area contributed by atoms with Gasteiger partial charge in [-0.05, 0) is 38.6 Å². The summed E-state index contributed by atoms with van der Waals surface area (Å²) < 4.78 is 0. The Kier molecular flexibility index (Phi) is 3.12. The van der Waals surface area contributed by atoms with Gasteiger partial charge in [-0.2, -0.15) is 0 Å². The van der Waals surface area contributed by atoms with E-state index in [1.807, 2.05) is 0 Å². The third-order valence-electron chi connectivity index (χ3n) is 7.32. The van der Waals surface area contributed by atoms with E-state index in [2.05, 4.69) is 22.9 Å². The molecular weight excluding hydrogens is 288 g/mol. The van der Waals surface area contributed by atoms with Crippen molar-refractivity contribution in [2.24, 2.45) is 17.8 Å². The van der Waals surface area contributed by atoms with Crippen LogP contribution in [0.5, 0.6) is 0 Å². The molecule has 6 atom stereocenters. The van der Waals surface area contributed by atoms with Crippen molar-refractivity contribution in [3.63, 3.8) is 0 Å². The highest BCUT2D eigenvalue weighted by Gasteiger charge is 2.55. The van der Waals surface area contributed by atoms with Crippen molar-refractivity contribution in [1.29, 1.82) is 0 Å². The molecule has 0 radical (unpaired) electrons. The number of carbonyl (C=O) groups is 2. The summed E-state index contributed by atoms with van der Waals surface area (Å²) in [4.78, 5) is 30.6. The van der Waals surface area contributed by atoms with Crippen LogP contribution >= 0.6 is 0 Å². The van der Waals surface area contributed by atoms with E-state index in [0.717, 1.165) is 32.4 Å². The van der Waals surface area contributed by atoms with Crippen LogP contribution in [0.25, 0.3) is 0 Å². The predicted octanol–water partition coefficient (Wildman–Crippen LogP) is 1.65. The number of hydrogen-bond acceptors (Lipinski definition) is 4. The van der Waals surface area contributed by atoms with Gasteiger partial charge in [0.2, 0.25) is 0 Å². The lowest BCUT2D eigenvalue weighted by atomic mass is 9.67.